The molecule has 0 fully saturated rings. The van der Waals surface area contributed by atoms with Gasteiger partial charge in [0.05, 0.1) is 0 Å². The molecule has 1 unspecified atom stereocenters. The molecule has 0 aliphatic rings. The van der Waals surface area contributed by atoms with Gasteiger partial charge in [-0.2, -0.15) is 13.2 Å². The summed E-state index contributed by atoms with van der Waals surface area (Å²) in [5.41, 5.74) is 1.81. The van der Waals surface area contributed by atoms with Crippen molar-refractivity contribution in [2.75, 3.05) is 6.61 Å². The molecule has 7 heteroatoms. The number of fused-ring (bicyclic) bond motifs is 1. The van der Waals surface area contributed by atoms with E-state index in [9.17, 15) is 13.2 Å². The van der Waals surface area contributed by atoms with E-state index >= 15 is 0 Å². The van der Waals surface area contributed by atoms with Crippen molar-refractivity contribution in [2.45, 2.75) is 43.3 Å². The minimum atomic E-state index is -4.42. The Labute approximate surface area is 143 Å². The predicted molar refractivity (Wildman–Crippen MR) is 93.8 cm³/mol. The molecule has 2 rings (SSSR count). The van der Waals surface area contributed by atoms with E-state index in [1.807, 2.05) is 0 Å². The lowest BCUT2D eigenvalue weighted by Gasteiger charge is -2.24. The van der Waals surface area contributed by atoms with E-state index in [0.29, 0.717) is 11.4 Å². The van der Waals surface area contributed by atoms with Crippen LogP contribution in [0, 0.1) is 0 Å². The molecule has 0 aliphatic carbocycles. The third-order valence-electron chi connectivity index (χ3n) is 3.64. The lowest BCUT2D eigenvalue weighted by atomic mass is 10.0. The van der Waals surface area contributed by atoms with Crippen LogP contribution in [0.3, 0.4) is 0 Å². The summed E-state index contributed by atoms with van der Waals surface area (Å²) in [6.45, 7) is 6.49. The van der Waals surface area contributed by atoms with Crippen LogP contribution in [-0.4, -0.2) is 25.8 Å². The van der Waals surface area contributed by atoms with Crippen LogP contribution in [0.1, 0.15) is 17.2 Å². The second kappa shape index (κ2) is 6.99. The van der Waals surface area contributed by atoms with E-state index in [1.165, 1.54) is 0 Å². The molecule has 1 N–H and O–H groups in total. The topological polar surface area (TPSA) is 25.0 Å². The normalized spacial score (nSPS) is 14.4. The molecule has 23 heavy (non-hydrogen) atoms. The number of hydrogen-bond donors (Lipinski definition) is 1. The number of ether oxygens (including phenoxy) is 1. The van der Waals surface area contributed by atoms with Crippen molar-refractivity contribution in [3.05, 3.63) is 35.5 Å². The molecule has 2 aromatic rings. The maximum absolute atomic E-state index is 13.5. The van der Waals surface area contributed by atoms with Crippen molar-refractivity contribution in [2.24, 2.45) is 0 Å². The Morgan fingerprint density at radius 1 is 1.26 bits per heavy atom. The van der Waals surface area contributed by atoms with Gasteiger partial charge in [-0.05, 0) is 35.4 Å². The molecule has 1 atom stereocenters. The highest BCUT2D eigenvalue weighted by atomic mass is 79.9. The van der Waals surface area contributed by atoms with Gasteiger partial charge in [-0.1, -0.05) is 35.6 Å². The van der Waals surface area contributed by atoms with Crippen LogP contribution in [-0.2, 0) is 10.1 Å². The Morgan fingerprint density at radius 3 is 2.52 bits per heavy atom. The maximum Gasteiger partial charge on any atom is 0.418 e. The van der Waals surface area contributed by atoms with E-state index < -0.39 is 20.4 Å². The lowest BCUT2D eigenvalue weighted by molar-refractivity contribution is -0.222. The summed E-state index contributed by atoms with van der Waals surface area (Å²) >= 11 is 3.34. The van der Waals surface area contributed by atoms with Gasteiger partial charge in [0, 0.05) is 37.1 Å². The van der Waals surface area contributed by atoms with Crippen molar-refractivity contribution in [1.82, 2.24) is 4.98 Å². The van der Waals surface area contributed by atoms with E-state index in [-0.39, 0.29) is 12.2 Å². The first-order valence-electron chi connectivity index (χ1n) is 7.46. The molecule has 0 spiro atoms. The van der Waals surface area contributed by atoms with E-state index in [0.717, 1.165) is 16.5 Å². The van der Waals surface area contributed by atoms with E-state index in [1.54, 1.807) is 24.4 Å². The smallest absolute Gasteiger partial charge is 0.364 e. The fourth-order valence-electron chi connectivity index (χ4n) is 2.39. The van der Waals surface area contributed by atoms with E-state index in [2.05, 4.69) is 40.6 Å². The van der Waals surface area contributed by atoms with Crippen molar-refractivity contribution in [3.8, 4) is 0 Å². The fourth-order valence-corrected chi connectivity index (χ4v) is 3.57. The molecule has 1 aromatic heterocycles. The summed E-state index contributed by atoms with van der Waals surface area (Å²) < 4.78 is 45.6. The highest BCUT2D eigenvalue weighted by molar-refractivity contribution is 9.08. The van der Waals surface area contributed by atoms with Gasteiger partial charge in [0.25, 0.3) is 0 Å². The van der Waals surface area contributed by atoms with Crippen LogP contribution in [0.4, 0.5) is 13.2 Å². The first kappa shape index (κ1) is 18.5. The first-order valence-corrected chi connectivity index (χ1v) is 12.3. The van der Waals surface area contributed by atoms with Crippen molar-refractivity contribution in [1.29, 1.82) is 0 Å². The second-order valence-corrected chi connectivity index (χ2v) is 13.0. The highest BCUT2D eigenvalue weighted by Gasteiger charge is 2.42. The standard InChI is InChI=1S/C16H21BrF3NOSi/c1-23(2,3)7-6-22-15(16(18,19)20)12-8-11-4-5-21-14(11)13(9-12)10-17/h4-5,8-9,15,21H,6-7,10H2,1-3H3. The number of rotatable bonds is 6. The zero-order chi connectivity index (χ0) is 17.3. The monoisotopic (exact) mass is 407 g/mol. The van der Waals surface area contributed by atoms with Gasteiger partial charge < -0.3 is 9.72 Å². The lowest BCUT2D eigenvalue weighted by Crippen LogP contribution is -2.27. The Bertz CT molecular complexity index is 663. The fraction of sp³-hybridized carbons (Fsp3) is 0.500. The zero-order valence-electron chi connectivity index (χ0n) is 13.4. The van der Waals surface area contributed by atoms with Crippen molar-refractivity contribution < 1.29 is 17.9 Å². The Kier molecular flexibility index (Phi) is 5.63. The highest BCUT2D eigenvalue weighted by Crippen LogP contribution is 2.38. The number of nitrogens with one attached hydrogen (secondary N) is 1. The van der Waals surface area contributed by atoms with Gasteiger partial charge in [0.15, 0.2) is 6.10 Å². The average molecular weight is 408 g/mol. The van der Waals surface area contributed by atoms with Crippen LogP contribution in [0.5, 0.6) is 0 Å². The number of H-pyrrole nitrogens is 1. The zero-order valence-corrected chi connectivity index (χ0v) is 16.0. The van der Waals surface area contributed by atoms with Gasteiger partial charge in [0.1, 0.15) is 0 Å². The molecule has 0 saturated carbocycles. The number of alkyl halides is 4. The number of aromatic nitrogens is 1. The van der Waals surface area contributed by atoms with Crippen LogP contribution < -0.4 is 0 Å². The number of halogens is 4. The Balaban J connectivity index is 2.32. The summed E-state index contributed by atoms with van der Waals surface area (Å²) in [5.74, 6) is 0. The summed E-state index contributed by atoms with van der Waals surface area (Å²) in [6.07, 6.45) is -4.57. The molecule has 1 heterocycles. The minimum absolute atomic E-state index is 0.134. The molecule has 0 saturated heterocycles. The third kappa shape index (κ3) is 4.84. The van der Waals surface area contributed by atoms with Crippen LogP contribution in [0.2, 0.25) is 25.7 Å². The van der Waals surface area contributed by atoms with Crippen LogP contribution in [0.25, 0.3) is 10.9 Å². The predicted octanol–water partition coefficient (Wildman–Crippen LogP) is 6.02. The Hall–Kier alpha value is -0.793. The van der Waals surface area contributed by atoms with Crippen molar-refractivity contribution >= 4 is 34.9 Å². The molecule has 128 valence electrons. The van der Waals surface area contributed by atoms with Gasteiger partial charge in [-0.25, -0.2) is 0 Å². The van der Waals surface area contributed by atoms with Gasteiger partial charge in [0.2, 0.25) is 0 Å². The van der Waals surface area contributed by atoms with Gasteiger partial charge >= 0.3 is 6.18 Å². The summed E-state index contributed by atoms with van der Waals surface area (Å²) in [4.78, 5) is 3.06. The molecule has 0 amide bonds. The molecule has 2 nitrogen and oxygen atoms in total. The SMILES string of the molecule is C[Si](C)(C)CCOC(c1cc(CBr)c2[nH]ccc2c1)C(F)(F)F. The third-order valence-corrected chi connectivity index (χ3v) is 5.95. The number of hydrogen-bond acceptors (Lipinski definition) is 1. The maximum atomic E-state index is 13.5. The molecule has 0 bridgehead atoms. The molecule has 1 aromatic carbocycles. The van der Waals surface area contributed by atoms with Gasteiger partial charge in [-0.3, -0.25) is 0 Å². The summed E-state index contributed by atoms with van der Waals surface area (Å²) in [7, 11) is -1.44. The first-order chi connectivity index (χ1) is 10.6. The molecular weight excluding hydrogens is 387 g/mol. The van der Waals surface area contributed by atoms with Crippen LogP contribution >= 0.6 is 15.9 Å². The number of benzene rings is 1. The van der Waals surface area contributed by atoms with Crippen molar-refractivity contribution in [3.63, 3.8) is 0 Å². The largest absolute Gasteiger partial charge is 0.418 e. The van der Waals surface area contributed by atoms with E-state index in [4.69, 9.17) is 4.74 Å². The van der Waals surface area contributed by atoms with Crippen LogP contribution in [0.15, 0.2) is 24.4 Å². The number of aromatic amines is 1. The summed E-state index contributed by atoms with van der Waals surface area (Å²) in [5, 5.41) is 1.25. The minimum Gasteiger partial charge on any atom is -0.364 e. The molecular formula is C16H21BrF3NOSi. The summed E-state index contributed by atoms with van der Waals surface area (Å²) in [6, 6.07) is 5.61. The van der Waals surface area contributed by atoms with Gasteiger partial charge in [-0.15, -0.1) is 0 Å². The average Bonchev–Trinajstić information content (AvgIpc) is 2.88. The Morgan fingerprint density at radius 2 is 1.96 bits per heavy atom. The molecule has 0 aliphatic heterocycles. The quantitative estimate of drug-likeness (QED) is 0.459. The second-order valence-electron chi connectivity index (χ2n) is 6.86. The molecule has 0 radical (unpaired) electrons.